The average molecular weight is 297 g/mol. The summed E-state index contributed by atoms with van der Waals surface area (Å²) in [6.45, 7) is 6.64. The van der Waals surface area contributed by atoms with Crippen molar-refractivity contribution in [1.82, 2.24) is 4.90 Å². The van der Waals surface area contributed by atoms with Gasteiger partial charge in [-0.1, -0.05) is 0 Å². The smallest absolute Gasteiger partial charge is 0.348 e. The molecule has 1 saturated heterocycles. The second kappa shape index (κ2) is 6.37. The average Bonchev–Trinajstić information content (AvgIpc) is 2.81. The summed E-state index contributed by atoms with van der Waals surface area (Å²) in [5.74, 6) is -0.612. The van der Waals surface area contributed by atoms with E-state index < -0.39 is 5.97 Å². The summed E-state index contributed by atoms with van der Waals surface area (Å²) >= 11 is 1.36. The van der Waals surface area contributed by atoms with E-state index in [1.165, 1.54) is 11.3 Å². The molecule has 0 saturated carbocycles. The van der Waals surface area contributed by atoms with Crippen molar-refractivity contribution in [3.8, 4) is 0 Å². The molecule has 20 heavy (non-hydrogen) atoms. The van der Waals surface area contributed by atoms with Crippen LogP contribution in [0.3, 0.4) is 0 Å². The van der Waals surface area contributed by atoms with Crippen LogP contribution in [0.25, 0.3) is 0 Å². The highest BCUT2D eigenvalue weighted by molar-refractivity contribution is 7.13. The summed E-state index contributed by atoms with van der Waals surface area (Å²) in [4.78, 5) is 27.0. The lowest BCUT2D eigenvalue weighted by molar-refractivity contribution is -0.146. The van der Waals surface area contributed by atoms with E-state index in [0.717, 1.165) is 4.88 Å². The zero-order valence-electron chi connectivity index (χ0n) is 11.9. The van der Waals surface area contributed by atoms with Crippen LogP contribution in [0.5, 0.6) is 0 Å². The van der Waals surface area contributed by atoms with E-state index in [9.17, 15) is 9.59 Å². The number of carbonyl (C=O) groups is 2. The first-order chi connectivity index (χ1) is 9.45. The Hall–Kier alpha value is -1.40. The monoisotopic (exact) mass is 297 g/mol. The first-order valence-electron chi connectivity index (χ1n) is 6.62. The van der Waals surface area contributed by atoms with Crippen molar-refractivity contribution in [2.24, 2.45) is 0 Å². The summed E-state index contributed by atoms with van der Waals surface area (Å²) in [5.41, 5.74) is 0. The fourth-order valence-electron chi connectivity index (χ4n) is 2.22. The fourth-order valence-corrected chi connectivity index (χ4v) is 2.98. The van der Waals surface area contributed by atoms with Crippen molar-refractivity contribution in [3.05, 3.63) is 21.9 Å². The zero-order valence-corrected chi connectivity index (χ0v) is 12.7. The highest BCUT2D eigenvalue weighted by Crippen LogP contribution is 2.16. The maximum Gasteiger partial charge on any atom is 0.348 e. The van der Waals surface area contributed by atoms with Crippen LogP contribution in [0.15, 0.2) is 12.1 Å². The number of morpholine rings is 1. The molecule has 0 radical (unpaired) electrons. The van der Waals surface area contributed by atoms with Crippen LogP contribution in [0.2, 0.25) is 0 Å². The molecular weight excluding hydrogens is 278 g/mol. The number of nitrogens with zero attached hydrogens (tertiary/aromatic N) is 1. The van der Waals surface area contributed by atoms with Crippen LogP contribution < -0.4 is 0 Å². The summed E-state index contributed by atoms with van der Waals surface area (Å²) in [6, 6.07) is 3.57. The maximum atomic E-state index is 12.0. The Morgan fingerprint density at radius 2 is 2.00 bits per heavy atom. The molecule has 2 rings (SSSR count). The van der Waals surface area contributed by atoms with Gasteiger partial charge in [0.15, 0.2) is 6.61 Å². The second-order valence-electron chi connectivity index (χ2n) is 5.04. The zero-order chi connectivity index (χ0) is 14.7. The molecule has 0 N–H and O–H groups in total. The summed E-state index contributed by atoms with van der Waals surface area (Å²) < 4.78 is 10.6. The van der Waals surface area contributed by atoms with Crippen molar-refractivity contribution in [2.75, 3.05) is 19.7 Å². The predicted molar refractivity (Wildman–Crippen MR) is 75.9 cm³/mol. The number of ether oxygens (including phenoxy) is 2. The van der Waals surface area contributed by atoms with Gasteiger partial charge in [-0.05, 0) is 32.9 Å². The number of aryl methyl sites for hydroxylation is 1. The minimum atomic E-state index is -0.439. The molecule has 1 aromatic rings. The molecule has 2 unspecified atom stereocenters. The van der Waals surface area contributed by atoms with Gasteiger partial charge in [0, 0.05) is 18.0 Å². The first kappa shape index (κ1) is 15.0. The van der Waals surface area contributed by atoms with E-state index in [1.54, 1.807) is 11.0 Å². The normalized spacial score (nSPS) is 22.6. The van der Waals surface area contributed by atoms with Gasteiger partial charge in [0.2, 0.25) is 0 Å². The molecule has 110 valence electrons. The summed E-state index contributed by atoms with van der Waals surface area (Å²) in [5, 5.41) is 0. The topological polar surface area (TPSA) is 55.8 Å². The first-order valence-corrected chi connectivity index (χ1v) is 7.44. The largest absolute Gasteiger partial charge is 0.451 e. The lowest BCUT2D eigenvalue weighted by Gasteiger charge is -2.35. The Morgan fingerprint density at radius 3 is 2.55 bits per heavy atom. The third-order valence-electron chi connectivity index (χ3n) is 3.04. The van der Waals surface area contributed by atoms with E-state index >= 15 is 0 Å². The molecule has 0 spiro atoms. The van der Waals surface area contributed by atoms with E-state index in [-0.39, 0.29) is 24.7 Å². The molecule has 1 aromatic heterocycles. The standard InChI is InChI=1S/C14H19NO4S/c1-9-6-15(7-10(2)19-9)13(16)8-18-14(17)12-5-4-11(3)20-12/h4-5,9-10H,6-8H2,1-3H3. The predicted octanol–water partition coefficient (Wildman–Crippen LogP) is 1.85. The Balaban J connectivity index is 1.84. The molecule has 1 fully saturated rings. The minimum Gasteiger partial charge on any atom is -0.451 e. The Morgan fingerprint density at radius 1 is 1.35 bits per heavy atom. The molecule has 0 aliphatic carbocycles. The van der Waals surface area contributed by atoms with Crippen molar-refractivity contribution in [3.63, 3.8) is 0 Å². The third-order valence-corrected chi connectivity index (χ3v) is 4.02. The molecule has 0 aromatic carbocycles. The van der Waals surface area contributed by atoms with Gasteiger partial charge in [-0.15, -0.1) is 11.3 Å². The number of hydrogen-bond acceptors (Lipinski definition) is 5. The Bertz CT molecular complexity index is 489. The maximum absolute atomic E-state index is 12.0. The molecule has 0 bridgehead atoms. The molecule has 1 amide bonds. The quantitative estimate of drug-likeness (QED) is 0.799. The van der Waals surface area contributed by atoms with Gasteiger partial charge in [0.1, 0.15) is 4.88 Å². The Labute approximate surface area is 122 Å². The lowest BCUT2D eigenvalue weighted by Crippen LogP contribution is -2.49. The van der Waals surface area contributed by atoms with Gasteiger partial charge < -0.3 is 14.4 Å². The van der Waals surface area contributed by atoms with Crippen LogP contribution in [0, 0.1) is 6.92 Å². The van der Waals surface area contributed by atoms with E-state index in [2.05, 4.69) is 0 Å². The SMILES string of the molecule is Cc1ccc(C(=O)OCC(=O)N2CC(C)OC(C)C2)s1. The van der Waals surface area contributed by atoms with Gasteiger partial charge in [0.25, 0.3) is 5.91 Å². The third kappa shape index (κ3) is 3.80. The lowest BCUT2D eigenvalue weighted by atomic mass is 10.2. The van der Waals surface area contributed by atoms with Crippen LogP contribution in [0.1, 0.15) is 28.4 Å². The van der Waals surface area contributed by atoms with Crippen molar-refractivity contribution >= 4 is 23.2 Å². The molecule has 5 nitrogen and oxygen atoms in total. The highest BCUT2D eigenvalue weighted by Gasteiger charge is 2.26. The molecule has 1 aliphatic heterocycles. The summed E-state index contributed by atoms with van der Waals surface area (Å²) in [7, 11) is 0. The van der Waals surface area contributed by atoms with Crippen molar-refractivity contribution < 1.29 is 19.1 Å². The molecular formula is C14H19NO4S. The number of esters is 1. The fraction of sp³-hybridized carbons (Fsp3) is 0.571. The van der Waals surface area contributed by atoms with Gasteiger partial charge in [-0.3, -0.25) is 4.79 Å². The number of amides is 1. The molecule has 2 heterocycles. The van der Waals surface area contributed by atoms with E-state index in [4.69, 9.17) is 9.47 Å². The van der Waals surface area contributed by atoms with Crippen LogP contribution in [-0.2, 0) is 14.3 Å². The van der Waals surface area contributed by atoms with Crippen molar-refractivity contribution in [2.45, 2.75) is 33.0 Å². The van der Waals surface area contributed by atoms with E-state index in [0.29, 0.717) is 18.0 Å². The number of hydrogen-bond donors (Lipinski definition) is 0. The highest BCUT2D eigenvalue weighted by atomic mass is 32.1. The number of carbonyl (C=O) groups excluding carboxylic acids is 2. The van der Waals surface area contributed by atoms with E-state index in [1.807, 2.05) is 26.8 Å². The molecule has 1 aliphatic rings. The van der Waals surface area contributed by atoms with Gasteiger partial charge >= 0.3 is 5.97 Å². The number of thiophene rings is 1. The van der Waals surface area contributed by atoms with Gasteiger partial charge in [-0.25, -0.2) is 4.79 Å². The summed E-state index contributed by atoms with van der Waals surface area (Å²) in [6.07, 6.45) is 0.0247. The van der Waals surface area contributed by atoms with Gasteiger partial charge in [-0.2, -0.15) is 0 Å². The minimum absolute atomic E-state index is 0.0124. The number of rotatable bonds is 3. The van der Waals surface area contributed by atoms with Crippen LogP contribution in [-0.4, -0.2) is 48.7 Å². The Kier molecular flexibility index (Phi) is 4.77. The van der Waals surface area contributed by atoms with Crippen LogP contribution >= 0.6 is 11.3 Å². The van der Waals surface area contributed by atoms with Gasteiger partial charge in [0.05, 0.1) is 12.2 Å². The van der Waals surface area contributed by atoms with Crippen molar-refractivity contribution in [1.29, 1.82) is 0 Å². The van der Waals surface area contributed by atoms with Crippen LogP contribution in [0.4, 0.5) is 0 Å². The molecule has 6 heteroatoms. The molecule has 2 atom stereocenters. The second-order valence-corrected chi connectivity index (χ2v) is 6.33.